The van der Waals surface area contributed by atoms with Crippen molar-refractivity contribution >= 4 is 11.7 Å². The quantitative estimate of drug-likeness (QED) is 0.340. The molecule has 7 nitrogen and oxygen atoms in total. The first kappa shape index (κ1) is 13.7. The van der Waals surface area contributed by atoms with Gasteiger partial charge in [-0.1, -0.05) is 5.16 Å². The standard InChI is InChI=1S/C12H22N6O/c1-9-10(11(13)15-19)12(17(3)14-9)18-6-4-5-16(2)7-8-18/h19H,4-8H2,1-3H3,(H2,13,15). The van der Waals surface area contributed by atoms with E-state index in [1.807, 2.05) is 18.7 Å². The molecule has 0 bridgehead atoms. The maximum absolute atomic E-state index is 8.94. The molecule has 1 aliphatic rings. The van der Waals surface area contributed by atoms with Crippen LogP contribution in [-0.2, 0) is 7.05 Å². The molecule has 0 spiro atoms. The van der Waals surface area contributed by atoms with E-state index in [9.17, 15) is 0 Å². The monoisotopic (exact) mass is 266 g/mol. The second-order valence-electron chi connectivity index (χ2n) is 5.04. The molecule has 0 unspecified atom stereocenters. The summed E-state index contributed by atoms with van der Waals surface area (Å²) in [5.41, 5.74) is 7.31. The number of nitrogens with two attached hydrogens (primary N) is 1. The summed E-state index contributed by atoms with van der Waals surface area (Å²) in [7, 11) is 4.02. The summed E-state index contributed by atoms with van der Waals surface area (Å²) < 4.78 is 1.81. The largest absolute Gasteiger partial charge is 0.409 e. The SMILES string of the molecule is Cc1nn(C)c(N2CCCN(C)CC2)c1C(N)=NO. The fourth-order valence-corrected chi connectivity index (χ4v) is 2.62. The fourth-order valence-electron chi connectivity index (χ4n) is 2.62. The Morgan fingerprint density at radius 3 is 2.68 bits per heavy atom. The molecule has 1 aromatic heterocycles. The minimum absolute atomic E-state index is 0.123. The molecule has 0 aromatic carbocycles. The molecule has 2 rings (SSSR count). The summed E-state index contributed by atoms with van der Waals surface area (Å²) in [6.07, 6.45) is 1.09. The smallest absolute Gasteiger partial charge is 0.175 e. The van der Waals surface area contributed by atoms with E-state index >= 15 is 0 Å². The van der Waals surface area contributed by atoms with Crippen LogP contribution in [0.25, 0.3) is 0 Å². The zero-order chi connectivity index (χ0) is 14.0. The van der Waals surface area contributed by atoms with E-state index in [2.05, 4.69) is 27.1 Å². The van der Waals surface area contributed by atoms with Gasteiger partial charge in [0.1, 0.15) is 5.82 Å². The molecule has 1 aromatic rings. The Labute approximate surface area is 113 Å². The Balaban J connectivity index is 2.38. The van der Waals surface area contributed by atoms with E-state index in [0.717, 1.165) is 49.7 Å². The Morgan fingerprint density at radius 1 is 1.26 bits per heavy atom. The summed E-state index contributed by atoms with van der Waals surface area (Å²) >= 11 is 0. The van der Waals surface area contributed by atoms with Crippen molar-refractivity contribution in [1.82, 2.24) is 14.7 Å². The van der Waals surface area contributed by atoms with Gasteiger partial charge in [0.2, 0.25) is 0 Å². The molecule has 0 radical (unpaired) electrons. The second kappa shape index (κ2) is 5.48. The van der Waals surface area contributed by atoms with Crippen molar-refractivity contribution in [3.8, 4) is 0 Å². The zero-order valence-corrected chi connectivity index (χ0v) is 11.8. The Hall–Kier alpha value is -1.76. The molecule has 7 heteroatoms. The van der Waals surface area contributed by atoms with Crippen molar-refractivity contribution in [3.05, 3.63) is 11.3 Å². The van der Waals surface area contributed by atoms with Gasteiger partial charge in [0.05, 0.1) is 11.3 Å². The summed E-state index contributed by atoms with van der Waals surface area (Å²) in [4.78, 5) is 4.57. The van der Waals surface area contributed by atoms with E-state index in [1.54, 1.807) is 0 Å². The van der Waals surface area contributed by atoms with Gasteiger partial charge in [0, 0.05) is 26.7 Å². The van der Waals surface area contributed by atoms with Crippen LogP contribution in [0.4, 0.5) is 5.82 Å². The van der Waals surface area contributed by atoms with Crippen molar-refractivity contribution in [1.29, 1.82) is 0 Å². The molecule has 19 heavy (non-hydrogen) atoms. The van der Waals surface area contributed by atoms with E-state index in [1.165, 1.54) is 0 Å². The van der Waals surface area contributed by atoms with Crippen LogP contribution in [0.1, 0.15) is 17.7 Å². The summed E-state index contributed by atoms with van der Waals surface area (Å²) in [6, 6.07) is 0. The lowest BCUT2D eigenvalue weighted by molar-refractivity contribution is 0.318. The third-order valence-electron chi connectivity index (χ3n) is 3.57. The molecule has 1 saturated heterocycles. The highest BCUT2D eigenvalue weighted by Crippen LogP contribution is 2.24. The highest BCUT2D eigenvalue weighted by atomic mass is 16.4. The molecule has 1 fully saturated rings. The Kier molecular flexibility index (Phi) is 3.94. The fraction of sp³-hybridized carbons (Fsp3) is 0.667. The second-order valence-corrected chi connectivity index (χ2v) is 5.04. The van der Waals surface area contributed by atoms with Gasteiger partial charge in [-0.25, -0.2) is 0 Å². The summed E-state index contributed by atoms with van der Waals surface area (Å²) in [6.45, 7) is 5.84. The molecule has 106 valence electrons. The van der Waals surface area contributed by atoms with E-state index in [-0.39, 0.29) is 5.84 Å². The topological polar surface area (TPSA) is 82.9 Å². The van der Waals surface area contributed by atoms with Gasteiger partial charge in [0.25, 0.3) is 0 Å². The lowest BCUT2D eigenvalue weighted by atomic mass is 10.2. The third kappa shape index (κ3) is 2.65. The van der Waals surface area contributed by atoms with Crippen LogP contribution in [0.2, 0.25) is 0 Å². The molecule has 0 atom stereocenters. The number of aryl methyl sites for hydroxylation is 2. The number of anilines is 1. The van der Waals surface area contributed by atoms with Gasteiger partial charge in [-0.3, -0.25) is 4.68 Å². The number of likely N-dealkylation sites (N-methyl/N-ethyl adjacent to an activating group) is 1. The predicted molar refractivity (Wildman–Crippen MR) is 74.8 cm³/mol. The third-order valence-corrected chi connectivity index (χ3v) is 3.57. The lowest BCUT2D eigenvalue weighted by Gasteiger charge is -2.23. The first-order chi connectivity index (χ1) is 9.04. The summed E-state index contributed by atoms with van der Waals surface area (Å²) in [5.74, 6) is 1.06. The van der Waals surface area contributed by atoms with Crippen LogP contribution in [0.3, 0.4) is 0 Å². The number of amidine groups is 1. The van der Waals surface area contributed by atoms with Gasteiger partial charge >= 0.3 is 0 Å². The average molecular weight is 266 g/mol. The Morgan fingerprint density at radius 2 is 2.00 bits per heavy atom. The molecule has 0 amide bonds. The normalized spacial score (nSPS) is 18.7. The number of rotatable bonds is 2. The summed E-state index contributed by atoms with van der Waals surface area (Å²) in [5, 5.41) is 16.5. The van der Waals surface area contributed by atoms with Crippen molar-refractivity contribution in [2.24, 2.45) is 17.9 Å². The predicted octanol–water partition coefficient (Wildman–Crippen LogP) is -0.0351. The first-order valence-electron chi connectivity index (χ1n) is 6.49. The molecule has 3 N–H and O–H groups in total. The van der Waals surface area contributed by atoms with Crippen molar-refractivity contribution in [2.45, 2.75) is 13.3 Å². The van der Waals surface area contributed by atoms with Crippen LogP contribution in [0.15, 0.2) is 5.16 Å². The Bertz CT molecular complexity index is 481. The molecule has 1 aliphatic heterocycles. The maximum atomic E-state index is 8.94. The minimum atomic E-state index is 0.123. The molecular weight excluding hydrogens is 244 g/mol. The van der Waals surface area contributed by atoms with Crippen LogP contribution >= 0.6 is 0 Å². The molecule has 0 aliphatic carbocycles. The maximum Gasteiger partial charge on any atom is 0.175 e. The van der Waals surface area contributed by atoms with E-state index in [4.69, 9.17) is 10.9 Å². The number of oxime groups is 1. The van der Waals surface area contributed by atoms with Gasteiger partial charge < -0.3 is 20.7 Å². The van der Waals surface area contributed by atoms with Crippen LogP contribution in [0, 0.1) is 6.92 Å². The van der Waals surface area contributed by atoms with Crippen LogP contribution in [0.5, 0.6) is 0 Å². The van der Waals surface area contributed by atoms with E-state index in [0.29, 0.717) is 0 Å². The van der Waals surface area contributed by atoms with Gasteiger partial charge in [-0.05, 0) is 26.9 Å². The highest BCUT2D eigenvalue weighted by molar-refractivity contribution is 6.02. The van der Waals surface area contributed by atoms with Gasteiger partial charge in [-0.2, -0.15) is 5.10 Å². The van der Waals surface area contributed by atoms with Crippen molar-refractivity contribution in [2.75, 3.05) is 38.1 Å². The van der Waals surface area contributed by atoms with E-state index < -0.39 is 0 Å². The van der Waals surface area contributed by atoms with Crippen LogP contribution in [-0.4, -0.2) is 58.9 Å². The number of hydrogen-bond donors (Lipinski definition) is 2. The van der Waals surface area contributed by atoms with Crippen molar-refractivity contribution in [3.63, 3.8) is 0 Å². The number of hydrogen-bond acceptors (Lipinski definition) is 5. The molecule has 2 heterocycles. The van der Waals surface area contributed by atoms with Gasteiger partial charge in [-0.15, -0.1) is 0 Å². The highest BCUT2D eigenvalue weighted by Gasteiger charge is 2.23. The number of nitrogens with zero attached hydrogens (tertiary/aromatic N) is 5. The average Bonchev–Trinajstić information content (AvgIpc) is 2.54. The minimum Gasteiger partial charge on any atom is -0.409 e. The molecule has 0 saturated carbocycles. The van der Waals surface area contributed by atoms with Crippen LogP contribution < -0.4 is 10.6 Å². The molecular formula is C12H22N6O. The number of aromatic nitrogens is 2. The van der Waals surface area contributed by atoms with Gasteiger partial charge in [0.15, 0.2) is 5.84 Å². The zero-order valence-electron chi connectivity index (χ0n) is 11.8. The first-order valence-corrected chi connectivity index (χ1v) is 6.49. The lowest BCUT2D eigenvalue weighted by Crippen LogP contribution is -2.32. The van der Waals surface area contributed by atoms with Crippen molar-refractivity contribution < 1.29 is 5.21 Å².